The lowest BCUT2D eigenvalue weighted by Crippen LogP contribution is -2.14. The Morgan fingerprint density at radius 3 is 2.74 bits per heavy atom. The molecule has 0 aliphatic heterocycles. The van der Waals surface area contributed by atoms with Gasteiger partial charge in [-0.15, -0.1) is 0 Å². The van der Waals surface area contributed by atoms with E-state index >= 15 is 0 Å². The first kappa shape index (κ1) is 14.7. The van der Waals surface area contributed by atoms with Crippen LogP contribution in [-0.4, -0.2) is 33.0 Å². The molecular formula is C14H24N2O2S. The molecule has 5 heteroatoms. The smallest absolute Gasteiger partial charge is 0.162 e. The lowest BCUT2D eigenvalue weighted by molar-refractivity contribution is 0.184. The van der Waals surface area contributed by atoms with Gasteiger partial charge in [0.05, 0.1) is 13.3 Å². The predicted octanol–water partition coefficient (Wildman–Crippen LogP) is 3.18. The van der Waals surface area contributed by atoms with Crippen LogP contribution in [0.5, 0.6) is 5.75 Å². The van der Waals surface area contributed by atoms with Gasteiger partial charge in [-0.2, -0.15) is 16.9 Å². The maximum Gasteiger partial charge on any atom is 0.162 e. The van der Waals surface area contributed by atoms with Crippen molar-refractivity contribution in [1.29, 1.82) is 0 Å². The van der Waals surface area contributed by atoms with Crippen molar-refractivity contribution < 1.29 is 9.84 Å². The Morgan fingerprint density at radius 2 is 2.16 bits per heavy atom. The maximum absolute atomic E-state index is 10.4. The first-order chi connectivity index (χ1) is 9.13. The van der Waals surface area contributed by atoms with Crippen LogP contribution in [0.3, 0.4) is 0 Å². The monoisotopic (exact) mass is 284 g/mol. The van der Waals surface area contributed by atoms with Gasteiger partial charge in [0, 0.05) is 17.0 Å². The Bertz CT molecular complexity index is 400. The molecule has 4 nitrogen and oxygen atoms in total. The molecule has 1 atom stereocenters. The molecule has 1 aromatic rings. The summed E-state index contributed by atoms with van der Waals surface area (Å²) in [6.07, 6.45) is 6.43. The third-order valence-electron chi connectivity index (χ3n) is 3.62. The van der Waals surface area contributed by atoms with E-state index in [9.17, 15) is 5.11 Å². The van der Waals surface area contributed by atoms with Crippen molar-refractivity contribution in [1.82, 2.24) is 9.78 Å². The van der Waals surface area contributed by atoms with E-state index < -0.39 is 6.10 Å². The van der Waals surface area contributed by atoms with Crippen LogP contribution in [0.1, 0.15) is 57.4 Å². The van der Waals surface area contributed by atoms with Crippen molar-refractivity contribution in [3.8, 4) is 5.75 Å². The first-order valence-electron chi connectivity index (χ1n) is 7.04. The summed E-state index contributed by atoms with van der Waals surface area (Å²) in [7, 11) is 1.63. The van der Waals surface area contributed by atoms with Crippen LogP contribution in [0.15, 0.2) is 6.20 Å². The fourth-order valence-electron chi connectivity index (χ4n) is 2.60. The average Bonchev–Trinajstić information content (AvgIpc) is 3.04. The SMILES string of the molecule is COc1cnn(C(C)C)c1C(O)CSC1CCCC1. The van der Waals surface area contributed by atoms with Crippen LogP contribution >= 0.6 is 11.8 Å². The average molecular weight is 284 g/mol. The van der Waals surface area contributed by atoms with Gasteiger partial charge in [-0.1, -0.05) is 12.8 Å². The second-order valence-corrected chi connectivity index (χ2v) is 6.73. The summed E-state index contributed by atoms with van der Waals surface area (Å²) in [5.74, 6) is 1.41. The Balaban J connectivity index is 2.03. The standard InChI is InChI=1S/C14H24N2O2S/c1-10(2)16-14(13(18-3)8-15-16)12(17)9-19-11-6-4-5-7-11/h8,10-12,17H,4-7,9H2,1-3H3. The highest BCUT2D eigenvalue weighted by molar-refractivity contribution is 7.99. The molecule has 1 N–H and O–H groups in total. The van der Waals surface area contributed by atoms with Gasteiger partial charge in [0.25, 0.3) is 0 Å². The molecule has 19 heavy (non-hydrogen) atoms. The normalized spacial score (nSPS) is 18.2. The van der Waals surface area contributed by atoms with Crippen LogP contribution in [0.25, 0.3) is 0 Å². The predicted molar refractivity (Wildman–Crippen MR) is 78.8 cm³/mol. The number of ether oxygens (including phenoxy) is 1. The second kappa shape index (κ2) is 6.66. The number of thioether (sulfide) groups is 1. The van der Waals surface area contributed by atoms with Crippen molar-refractivity contribution in [2.45, 2.75) is 56.9 Å². The molecule has 1 saturated carbocycles. The quantitative estimate of drug-likeness (QED) is 0.871. The van der Waals surface area contributed by atoms with Gasteiger partial charge >= 0.3 is 0 Å². The van der Waals surface area contributed by atoms with E-state index in [-0.39, 0.29) is 6.04 Å². The molecule has 0 amide bonds. The van der Waals surface area contributed by atoms with Crippen molar-refractivity contribution in [2.75, 3.05) is 12.9 Å². The molecule has 0 radical (unpaired) electrons. The minimum absolute atomic E-state index is 0.227. The Labute approximate surface area is 119 Å². The lowest BCUT2D eigenvalue weighted by atomic mass is 10.2. The summed E-state index contributed by atoms with van der Waals surface area (Å²) in [6, 6.07) is 0.227. The molecule has 2 rings (SSSR count). The summed E-state index contributed by atoms with van der Waals surface area (Å²) in [6.45, 7) is 4.12. The summed E-state index contributed by atoms with van der Waals surface area (Å²) in [4.78, 5) is 0. The minimum atomic E-state index is -0.509. The number of rotatable bonds is 6. The van der Waals surface area contributed by atoms with E-state index in [1.54, 1.807) is 13.3 Å². The van der Waals surface area contributed by atoms with E-state index in [4.69, 9.17) is 4.74 Å². The fraction of sp³-hybridized carbons (Fsp3) is 0.786. The molecule has 1 unspecified atom stereocenters. The molecule has 1 aliphatic carbocycles. The van der Waals surface area contributed by atoms with Crippen molar-refractivity contribution in [3.63, 3.8) is 0 Å². The zero-order valence-electron chi connectivity index (χ0n) is 12.0. The highest BCUT2D eigenvalue weighted by Crippen LogP contribution is 2.34. The molecule has 0 saturated heterocycles. The highest BCUT2D eigenvalue weighted by Gasteiger charge is 2.23. The summed E-state index contributed by atoms with van der Waals surface area (Å²) >= 11 is 1.88. The minimum Gasteiger partial charge on any atom is -0.493 e. The van der Waals surface area contributed by atoms with Crippen LogP contribution < -0.4 is 4.74 Å². The number of aliphatic hydroxyl groups is 1. The van der Waals surface area contributed by atoms with Crippen molar-refractivity contribution in [3.05, 3.63) is 11.9 Å². The van der Waals surface area contributed by atoms with E-state index in [0.717, 1.165) is 16.7 Å². The Morgan fingerprint density at radius 1 is 1.47 bits per heavy atom. The van der Waals surface area contributed by atoms with E-state index in [0.29, 0.717) is 5.75 Å². The van der Waals surface area contributed by atoms with Gasteiger partial charge in [-0.05, 0) is 26.7 Å². The van der Waals surface area contributed by atoms with Gasteiger partial charge in [0.1, 0.15) is 11.8 Å². The molecule has 0 spiro atoms. The molecule has 1 heterocycles. The van der Waals surface area contributed by atoms with Crippen LogP contribution in [0.2, 0.25) is 0 Å². The second-order valence-electron chi connectivity index (χ2n) is 5.39. The van der Waals surface area contributed by atoms with Crippen LogP contribution in [-0.2, 0) is 0 Å². The third-order valence-corrected chi connectivity index (χ3v) is 5.07. The van der Waals surface area contributed by atoms with Gasteiger partial charge < -0.3 is 9.84 Å². The molecular weight excluding hydrogens is 260 g/mol. The molecule has 1 aliphatic rings. The van der Waals surface area contributed by atoms with E-state index in [1.807, 2.05) is 16.4 Å². The van der Waals surface area contributed by atoms with Crippen LogP contribution in [0.4, 0.5) is 0 Å². The summed E-state index contributed by atoms with van der Waals surface area (Å²) in [5, 5.41) is 15.5. The number of hydrogen-bond donors (Lipinski definition) is 1. The fourth-order valence-corrected chi connectivity index (χ4v) is 3.88. The number of aliphatic hydroxyl groups excluding tert-OH is 1. The highest BCUT2D eigenvalue weighted by atomic mass is 32.2. The number of nitrogens with zero attached hydrogens (tertiary/aromatic N) is 2. The molecule has 0 bridgehead atoms. The topological polar surface area (TPSA) is 47.3 Å². The number of aromatic nitrogens is 2. The third kappa shape index (κ3) is 3.45. The zero-order chi connectivity index (χ0) is 13.8. The van der Waals surface area contributed by atoms with Gasteiger partial charge in [-0.3, -0.25) is 4.68 Å². The van der Waals surface area contributed by atoms with Crippen molar-refractivity contribution >= 4 is 11.8 Å². The van der Waals surface area contributed by atoms with Gasteiger partial charge in [0.15, 0.2) is 5.75 Å². The Kier molecular flexibility index (Phi) is 5.16. The number of methoxy groups -OCH3 is 1. The molecule has 1 fully saturated rings. The number of hydrogen-bond acceptors (Lipinski definition) is 4. The maximum atomic E-state index is 10.4. The molecule has 1 aromatic heterocycles. The molecule has 0 aromatic carbocycles. The van der Waals surface area contributed by atoms with Crippen molar-refractivity contribution in [2.24, 2.45) is 0 Å². The molecule has 108 valence electrons. The summed E-state index contributed by atoms with van der Waals surface area (Å²) in [5.41, 5.74) is 0.808. The van der Waals surface area contributed by atoms with Crippen LogP contribution in [0, 0.1) is 0 Å². The van der Waals surface area contributed by atoms with Gasteiger partial charge in [0.2, 0.25) is 0 Å². The summed E-state index contributed by atoms with van der Waals surface area (Å²) < 4.78 is 7.18. The first-order valence-corrected chi connectivity index (χ1v) is 8.09. The zero-order valence-corrected chi connectivity index (χ0v) is 12.8. The Hall–Kier alpha value is -0.680. The lowest BCUT2D eigenvalue weighted by Gasteiger charge is -2.18. The van der Waals surface area contributed by atoms with Gasteiger partial charge in [-0.25, -0.2) is 0 Å². The largest absolute Gasteiger partial charge is 0.493 e. The van der Waals surface area contributed by atoms with E-state index in [1.165, 1.54) is 25.7 Å². The van der Waals surface area contributed by atoms with E-state index in [2.05, 4.69) is 18.9 Å².